The molecule has 1 N–H and O–H groups in total. The van der Waals surface area contributed by atoms with E-state index < -0.39 is 5.54 Å². The molecular formula is C20H26N4O2. The number of likely N-dealkylation sites (tertiary alicyclic amines) is 1. The summed E-state index contributed by atoms with van der Waals surface area (Å²) in [4.78, 5) is 15.4. The van der Waals surface area contributed by atoms with Crippen LogP contribution in [0, 0.1) is 0 Å². The molecule has 0 bridgehead atoms. The number of para-hydroxylation sites is 1. The molecule has 4 rings (SSSR count). The lowest BCUT2D eigenvalue weighted by Gasteiger charge is -2.42. The third kappa shape index (κ3) is 3.33. The monoisotopic (exact) mass is 354 g/mol. The minimum Gasteiger partial charge on any atom is -0.490 e. The van der Waals surface area contributed by atoms with E-state index in [4.69, 9.17) is 4.74 Å². The molecule has 1 aromatic heterocycles. The predicted molar refractivity (Wildman–Crippen MR) is 99.0 cm³/mol. The molecule has 6 heteroatoms. The lowest BCUT2D eigenvalue weighted by molar-refractivity contribution is -0.145. The number of benzene rings is 1. The van der Waals surface area contributed by atoms with Gasteiger partial charge in [-0.3, -0.25) is 9.48 Å². The number of carbonyl (C=O) groups excluding carboxylic acids is 1. The first-order valence-corrected chi connectivity index (χ1v) is 9.50. The van der Waals surface area contributed by atoms with Gasteiger partial charge in [-0.15, -0.1) is 0 Å². The minimum atomic E-state index is -0.540. The van der Waals surface area contributed by atoms with Crippen molar-refractivity contribution in [1.29, 1.82) is 0 Å². The summed E-state index contributed by atoms with van der Waals surface area (Å²) in [6.07, 6.45) is 7.17. The van der Waals surface area contributed by atoms with Gasteiger partial charge in [-0.05, 0) is 44.1 Å². The van der Waals surface area contributed by atoms with Crippen LogP contribution in [0.2, 0.25) is 0 Å². The Morgan fingerprint density at radius 2 is 1.85 bits per heavy atom. The molecular weight excluding hydrogens is 328 g/mol. The summed E-state index contributed by atoms with van der Waals surface area (Å²) in [7, 11) is 0. The van der Waals surface area contributed by atoms with Crippen LogP contribution in [0.25, 0.3) is 0 Å². The molecule has 0 radical (unpaired) electrons. The summed E-state index contributed by atoms with van der Waals surface area (Å²) < 4.78 is 7.94. The second kappa shape index (κ2) is 7.50. The molecule has 2 fully saturated rings. The average Bonchev–Trinajstić information content (AvgIpc) is 3.25. The molecule has 0 unspecified atom stereocenters. The fourth-order valence-electron chi connectivity index (χ4n) is 4.07. The van der Waals surface area contributed by atoms with Crippen molar-refractivity contribution in [3.63, 3.8) is 0 Å². The Labute approximate surface area is 154 Å². The third-order valence-electron chi connectivity index (χ3n) is 5.55. The number of nitrogens with zero attached hydrogens (tertiary/aromatic N) is 3. The van der Waals surface area contributed by atoms with E-state index in [2.05, 4.69) is 10.4 Å². The summed E-state index contributed by atoms with van der Waals surface area (Å²) >= 11 is 0. The van der Waals surface area contributed by atoms with Gasteiger partial charge in [0.25, 0.3) is 5.91 Å². The molecule has 0 aliphatic carbocycles. The maximum absolute atomic E-state index is 13.4. The van der Waals surface area contributed by atoms with Crippen molar-refractivity contribution in [3.05, 3.63) is 48.8 Å². The first-order valence-electron chi connectivity index (χ1n) is 9.50. The van der Waals surface area contributed by atoms with Crippen LogP contribution in [0.4, 0.5) is 0 Å². The zero-order valence-corrected chi connectivity index (χ0v) is 15.0. The highest BCUT2D eigenvalue weighted by atomic mass is 16.5. The van der Waals surface area contributed by atoms with Crippen LogP contribution in [0.5, 0.6) is 5.75 Å². The van der Waals surface area contributed by atoms with Gasteiger partial charge in [0.2, 0.25) is 0 Å². The van der Waals surface area contributed by atoms with Gasteiger partial charge in [-0.25, -0.2) is 0 Å². The number of rotatable bonds is 4. The molecule has 2 aromatic rings. The number of carbonyl (C=O) groups is 1. The average molecular weight is 354 g/mol. The topological polar surface area (TPSA) is 59.4 Å². The summed E-state index contributed by atoms with van der Waals surface area (Å²) in [6.45, 7) is 3.18. The predicted octanol–water partition coefficient (Wildman–Crippen LogP) is 2.03. The van der Waals surface area contributed by atoms with E-state index in [1.54, 1.807) is 6.20 Å². The first-order chi connectivity index (χ1) is 12.8. The van der Waals surface area contributed by atoms with Crippen molar-refractivity contribution >= 4 is 5.91 Å². The summed E-state index contributed by atoms with van der Waals surface area (Å²) in [5.41, 5.74) is -0.540. The van der Waals surface area contributed by atoms with E-state index in [1.165, 1.54) is 0 Å². The van der Waals surface area contributed by atoms with Gasteiger partial charge < -0.3 is 15.0 Å². The Bertz CT molecular complexity index is 703. The number of aromatic nitrogens is 2. The first kappa shape index (κ1) is 17.1. The van der Waals surface area contributed by atoms with Crippen molar-refractivity contribution in [3.8, 4) is 5.75 Å². The molecule has 0 spiro atoms. The molecule has 1 amide bonds. The van der Waals surface area contributed by atoms with E-state index in [0.29, 0.717) is 0 Å². The van der Waals surface area contributed by atoms with E-state index in [1.807, 2.05) is 52.2 Å². The summed E-state index contributed by atoms with van der Waals surface area (Å²) in [5, 5.41) is 7.78. The Morgan fingerprint density at radius 1 is 1.12 bits per heavy atom. The molecule has 138 valence electrons. The largest absolute Gasteiger partial charge is 0.490 e. The van der Waals surface area contributed by atoms with Crippen LogP contribution in [0.15, 0.2) is 48.8 Å². The van der Waals surface area contributed by atoms with Crippen LogP contribution < -0.4 is 10.1 Å². The van der Waals surface area contributed by atoms with Crippen molar-refractivity contribution < 1.29 is 9.53 Å². The van der Waals surface area contributed by atoms with E-state index in [0.717, 1.165) is 57.6 Å². The minimum absolute atomic E-state index is 0.176. The van der Waals surface area contributed by atoms with Crippen molar-refractivity contribution in [2.45, 2.75) is 37.3 Å². The normalized spacial score (nSPS) is 20.7. The highest BCUT2D eigenvalue weighted by Gasteiger charge is 2.45. The smallest absolute Gasteiger partial charge is 0.250 e. The second-order valence-corrected chi connectivity index (χ2v) is 7.15. The maximum Gasteiger partial charge on any atom is 0.250 e. The Morgan fingerprint density at radius 3 is 2.50 bits per heavy atom. The zero-order chi connectivity index (χ0) is 17.8. The van der Waals surface area contributed by atoms with Crippen molar-refractivity contribution in [2.75, 3.05) is 26.2 Å². The maximum atomic E-state index is 13.4. The zero-order valence-electron chi connectivity index (χ0n) is 15.0. The highest BCUT2D eigenvalue weighted by molar-refractivity contribution is 5.84. The van der Waals surface area contributed by atoms with Crippen LogP contribution in [0.1, 0.15) is 25.7 Å². The molecule has 26 heavy (non-hydrogen) atoms. The summed E-state index contributed by atoms with van der Waals surface area (Å²) in [6, 6.07) is 11.8. The molecule has 2 aliphatic heterocycles. The number of ether oxygens (including phenoxy) is 1. The van der Waals surface area contributed by atoms with Gasteiger partial charge in [0.15, 0.2) is 0 Å². The molecule has 6 nitrogen and oxygen atoms in total. The van der Waals surface area contributed by atoms with Crippen LogP contribution in [-0.4, -0.2) is 52.9 Å². The number of hydrogen-bond acceptors (Lipinski definition) is 4. The number of hydrogen-bond donors (Lipinski definition) is 1. The van der Waals surface area contributed by atoms with Gasteiger partial charge in [0.05, 0.1) is 0 Å². The van der Waals surface area contributed by atoms with E-state index in [-0.39, 0.29) is 12.0 Å². The fraction of sp³-hybridized carbons (Fsp3) is 0.500. The van der Waals surface area contributed by atoms with E-state index >= 15 is 0 Å². The van der Waals surface area contributed by atoms with Gasteiger partial charge in [-0.2, -0.15) is 5.10 Å². The molecule has 0 atom stereocenters. The van der Waals surface area contributed by atoms with Gasteiger partial charge in [0, 0.05) is 38.3 Å². The molecule has 3 heterocycles. The summed E-state index contributed by atoms with van der Waals surface area (Å²) in [5.74, 6) is 1.12. The Hall–Kier alpha value is -2.34. The van der Waals surface area contributed by atoms with Crippen LogP contribution in [0.3, 0.4) is 0 Å². The highest BCUT2D eigenvalue weighted by Crippen LogP contribution is 2.31. The van der Waals surface area contributed by atoms with Crippen LogP contribution >= 0.6 is 0 Å². The number of nitrogens with one attached hydrogen (secondary N) is 1. The standard InChI is InChI=1S/C20H26N4O2/c25-19(20(9-12-21-13-10-20)24-14-4-11-22-24)23-15-7-18(8-16-23)26-17-5-2-1-3-6-17/h1-6,11,14,18,21H,7-10,12-13,15-16H2. The Kier molecular flexibility index (Phi) is 4.93. The Balaban J connectivity index is 1.42. The van der Waals surface area contributed by atoms with Gasteiger partial charge >= 0.3 is 0 Å². The third-order valence-corrected chi connectivity index (χ3v) is 5.55. The van der Waals surface area contributed by atoms with Crippen molar-refractivity contribution in [1.82, 2.24) is 20.0 Å². The quantitative estimate of drug-likeness (QED) is 0.913. The molecule has 0 saturated carbocycles. The molecule has 2 aliphatic rings. The van der Waals surface area contributed by atoms with E-state index in [9.17, 15) is 4.79 Å². The molecule has 1 aromatic carbocycles. The van der Waals surface area contributed by atoms with Crippen molar-refractivity contribution in [2.24, 2.45) is 0 Å². The fourth-order valence-corrected chi connectivity index (χ4v) is 4.07. The second-order valence-electron chi connectivity index (χ2n) is 7.15. The number of amides is 1. The van der Waals surface area contributed by atoms with Gasteiger partial charge in [0.1, 0.15) is 17.4 Å². The van der Waals surface area contributed by atoms with Crippen LogP contribution in [-0.2, 0) is 10.3 Å². The van der Waals surface area contributed by atoms with Gasteiger partial charge in [-0.1, -0.05) is 18.2 Å². The number of piperidine rings is 2. The lowest BCUT2D eigenvalue weighted by Crippen LogP contribution is -2.57. The lowest BCUT2D eigenvalue weighted by atomic mass is 9.86. The SMILES string of the molecule is O=C(N1CCC(Oc2ccccc2)CC1)C1(n2cccn2)CCNCC1. The molecule has 2 saturated heterocycles.